The SMILES string of the molecule is CN(C(=O)c1cn(C)cn1)c1ccc(N)cc1C(=O)O. The minimum Gasteiger partial charge on any atom is -0.478 e. The molecule has 1 aromatic carbocycles. The molecule has 7 nitrogen and oxygen atoms in total. The summed E-state index contributed by atoms with van der Waals surface area (Å²) in [4.78, 5) is 28.7. The third-order valence-electron chi connectivity index (χ3n) is 2.84. The van der Waals surface area contributed by atoms with Gasteiger partial charge in [-0.15, -0.1) is 0 Å². The summed E-state index contributed by atoms with van der Waals surface area (Å²) in [5, 5.41) is 9.18. The Morgan fingerprint density at radius 2 is 2.10 bits per heavy atom. The average molecular weight is 274 g/mol. The van der Waals surface area contributed by atoms with Gasteiger partial charge in [-0.1, -0.05) is 0 Å². The van der Waals surface area contributed by atoms with Crippen molar-refractivity contribution < 1.29 is 14.7 Å². The quantitative estimate of drug-likeness (QED) is 0.812. The van der Waals surface area contributed by atoms with Crippen molar-refractivity contribution in [2.24, 2.45) is 7.05 Å². The van der Waals surface area contributed by atoms with Gasteiger partial charge in [0, 0.05) is 26.0 Å². The van der Waals surface area contributed by atoms with Crippen molar-refractivity contribution in [2.45, 2.75) is 0 Å². The number of nitrogens with two attached hydrogens (primary N) is 1. The molecule has 0 fully saturated rings. The highest BCUT2D eigenvalue weighted by Gasteiger charge is 2.21. The van der Waals surface area contributed by atoms with Crippen LogP contribution in [0.1, 0.15) is 20.8 Å². The van der Waals surface area contributed by atoms with Gasteiger partial charge in [-0.2, -0.15) is 0 Å². The maximum absolute atomic E-state index is 12.2. The number of amides is 1. The lowest BCUT2D eigenvalue weighted by Gasteiger charge is -2.18. The Morgan fingerprint density at radius 1 is 1.40 bits per heavy atom. The Labute approximate surface area is 115 Å². The summed E-state index contributed by atoms with van der Waals surface area (Å²) in [7, 11) is 3.24. The van der Waals surface area contributed by atoms with Crippen molar-refractivity contribution in [3.05, 3.63) is 42.0 Å². The highest BCUT2D eigenvalue weighted by atomic mass is 16.4. The van der Waals surface area contributed by atoms with E-state index in [1.165, 1.54) is 30.4 Å². The summed E-state index contributed by atoms with van der Waals surface area (Å²) >= 11 is 0. The van der Waals surface area contributed by atoms with Crippen molar-refractivity contribution in [2.75, 3.05) is 17.7 Å². The van der Waals surface area contributed by atoms with Gasteiger partial charge in [-0.25, -0.2) is 9.78 Å². The summed E-state index contributed by atoms with van der Waals surface area (Å²) in [5.41, 5.74) is 6.37. The van der Waals surface area contributed by atoms with Crippen LogP contribution in [0.5, 0.6) is 0 Å². The van der Waals surface area contributed by atoms with Crippen LogP contribution >= 0.6 is 0 Å². The number of hydrogen-bond donors (Lipinski definition) is 2. The number of carboxylic acid groups (broad SMARTS) is 1. The standard InChI is InChI=1S/C13H14N4O3/c1-16-6-10(15-7-16)12(18)17(2)11-4-3-8(14)5-9(11)13(19)20/h3-7H,14H2,1-2H3,(H,19,20). The first-order valence-electron chi connectivity index (χ1n) is 5.79. The minimum absolute atomic E-state index is 0.0308. The van der Waals surface area contributed by atoms with Crippen molar-refractivity contribution in [1.82, 2.24) is 9.55 Å². The molecule has 0 unspecified atom stereocenters. The molecule has 0 aliphatic carbocycles. The van der Waals surface area contributed by atoms with E-state index in [4.69, 9.17) is 5.73 Å². The second-order valence-corrected chi connectivity index (χ2v) is 4.37. The number of carbonyl (C=O) groups is 2. The summed E-state index contributed by atoms with van der Waals surface area (Å²) in [6, 6.07) is 4.36. The molecule has 0 aliphatic rings. The third kappa shape index (κ3) is 2.46. The van der Waals surface area contributed by atoms with Gasteiger partial charge in [-0.3, -0.25) is 4.79 Å². The Morgan fingerprint density at radius 3 is 2.65 bits per heavy atom. The van der Waals surface area contributed by atoms with Gasteiger partial charge in [0.05, 0.1) is 17.6 Å². The summed E-state index contributed by atoms with van der Waals surface area (Å²) in [6.45, 7) is 0. The van der Waals surface area contributed by atoms with E-state index in [0.717, 1.165) is 0 Å². The molecule has 0 aliphatic heterocycles. The number of benzene rings is 1. The van der Waals surface area contributed by atoms with Crippen LogP contribution in [0.3, 0.4) is 0 Å². The van der Waals surface area contributed by atoms with Crippen LogP contribution in [0.4, 0.5) is 11.4 Å². The summed E-state index contributed by atoms with van der Waals surface area (Å²) < 4.78 is 1.64. The van der Waals surface area contributed by atoms with E-state index in [1.807, 2.05) is 0 Å². The molecule has 20 heavy (non-hydrogen) atoms. The lowest BCUT2D eigenvalue weighted by Crippen LogP contribution is -2.28. The summed E-state index contributed by atoms with van der Waals surface area (Å²) in [5.74, 6) is -1.54. The fourth-order valence-corrected chi connectivity index (χ4v) is 1.82. The van der Waals surface area contributed by atoms with Crippen LogP contribution in [0.25, 0.3) is 0 Å². The van der Waals surface area contributed by atoms with Crippen molar-refractivity contribution in [3.8, 4) is 0 Å². The molecule has 2 aromatic rings. The van der Waals surface area contributed by atoms with Gasteiger partial charge in [0.2, 0.25) is 0 Å². The summed E-state index contributed by atoms with van der Waals surface area (Å²) in [6.07, 6.45) is 3.07. The van der Waals surface area contributed by atoms with E-state index in [1.54, 1.807) is 23.9 Å². The number of aromatic nitrogens is 2. The first-order valence-corrected chi connectivity index (χ1v) is 5.79. The second-order valence-electron chi connectivity index (χ2n) is 4.37. The predicted octanol–water partition coefficient (Wildman–Crippen LogP) is 0.977. The number of carboxylic acids is 1. The topological polar surface area (TPSA) is 101 Å². The Hall–Kier alpha value is -2.83. The van der Waals surface area contributed by atoms with Crippen molar-refractivity contribution in [1.29, 1.82) is 0 Å². The normalized spacial score (nSPS) is 10.3. The van der Waals surface area contributed by atoms with Crippen LogP contribution < -0.4 is 10.6 Å². The molecule has 104 valence electrons. The predicted molar refractivity (Wildman–Crippen MR) is 73.8 cm³/mol. The van der Waals surface area contributed by atoms with Crippen molar-refractivity contribution >= 4 is 23.3 Å². The molecule has 1 amide bonds. The smallest absolute Gasteiger partial charge is 0.337 e. The van der Waals surface area contributed by atoms with Gasteiger partial charge in [0.15, 0.2) is 0 Å². The molecular formula is C13H14N4O3. The highest BCUT2D eigenvalue weighted by Crippen LogP contribution is 2.23. The fourth-order valence-electron chi connectivity index (χ4n) is 1.82. The Kier molecular flexibility index (Phi) is 3.43. The van der Waals surface area contributed by atoms with E-state index in [-0.39, 0.29) is 16.9 Å². The number of carbonyl (C=O) groups excluding carboxylic acids is 1. The van der Waals surface area contributed by atoms with Gasteiger partial charge in [-0.05, 0) is 18.2 Å². The maximum Gasteiger partial charge on any atom is 0.337 e. The number of imidazole rings is 1. The van der Waals surface area contributed by atoms with E-state index >= 15 is 0 Å². The molecule has 0 radical (unpaired) electrons. The Balaban J connectivity index is 2.40. The van der Waals surface area contributed by atoms with Gasteiger partial charge in [0.25, 0.3) is 5.91 Å². The molecular weight excluding hydrogens is 260 g/mol. The van der Waals surface area contributed by atoms with Crippen LogP contribution in [-0.2, 0) is 7.05 Å². The lowest BCUT2D eigenvalue weighted by atomic mass is 10.1. The monoisotopic (exact) mass is 274 g/mol. The third-order valence-corrected chi connectivity index (χ3v) is 2.84. The molecule has 2 rings (SSSR count). The molecule has 1 heterocycles. The zero-order valence-corrected chi connectivity index (χ0v) is 11.1. The average Bonchev–Trinajstić information content (AvgIpc) is 2.83. The molecule has 0 spiro atoms. The Bertz CT molecular complexity index is 678. The van der Waals surface area contributed by atoms with Crippen LogP contribution in [-0.4, -0.2) is 33.6 Å². The number of nitrogens with zero attached hydrogens (tertiary/aromatic N) is 3. The number of anilines is 2. The van der Waals surface area contributed by atoms with Gasteiger partial charge < -0.3 is 20.3 Å². The maximum atomic E-state index is 12.2. The minimum atomic E-state index is -1.15. The van der Waals surface area contributed by atoms with E-state index < -0.39 is 11.9 Å². The zero-order valence-electron chi connectivity index (χ0n) is 11.1. The van der Waals surface area contributed by atoms with Crippen LogP contribution in [0, 0.1) is 0 Å². The molecule has 0 bridgehead atoms. The molecule has 0 saturated heterocycles. The van der Waals surface area contributed by atoms with Crippen LogP contribution in [0.15, 0.2) is 30.7 Å². The van der Waals surface area contributed by atoms with E-state index in [2.05, 4.69) is 4.98 Å². The van der Waals surface area contributed by atoms with Gasteiger partial charge in [0.1, 0.15) is 5.69 Å². The number of aryl methyl sites for hydroxylation is 1. The number of rotatable bonds is 3. The first kappa shape index (κ1) is 13.6. The molecule has 0 saturated carbocycles. The number of nitrogen functional groups attached to an aromatic ring is 1. The number of hydrogen-bond acceptors (Lipinski definition) is 4. The van der Waals surface area contributed by atoms with Crippen molar-refractivity contribution in [3.63, 3.8) is 0 Å². The molecule has 0 atom stereocenters. The number of aromatic carboxylic acids is 1. The van der Waals surface area contributed by atoms with Gasteiger partial charge >= 0.3 is 5.97 Å². The fraction of sp³-hybridized carbons (Fsp3) is 0.154. The lowest BCUT2D eigenvalue weighted by molar-refractivity contribution is 0.0698. The van der Waals surface area contributed by atoms with E-state index in [0.29, 0.717) is 5.69 Å². The first-order chi connectivity index (χ1) is 9.40. The zero-order chi connectivity index (χ0) is 14.9. The van der Waals surface area contributed by atoms with E-state index in [9.17, 15) is 14.7 Å². The second kappa shape index (κ2) is 5.04. The molecule has 7 heteroatoms. The largest absolute Gasteiger partial charge is 0.478 e. The highest BCUT2D eigenvalue weighted by molar-refractivity contribution is 6.08. The molecule has 3 N–H and O–H groups in total. The molecule has 1 aromatic heterocycles. The van der Waals surface area contributed by atoms with Crippen LogP contribution in [0.2, 0.25) is 0 Å².